The largest absolute Gasteiger partial charge is 0.465 e. The van der Waals surface area contributed by atoms with Crippen LogP contribution in [0.5, 0.6) is 0 Å². The zero-order chi connectivity index (χ0) is 28.4. The molecule has 2 aliphatic rings. The van der Waals surface area contributed by atoms with Crippen molar-refractivity contribution in [3.8, 4) is 11.1 Å². The van der Waals surface area contributed by atoms with E-state index in [4.69, 9.17) is 0 Å². The van der Waals surface area contributed by atoms with Crippen LogP contribution >= 0.6 is 0 Å². The SMILES string of the molecule is CCCc1cc(C)[nH]c(=O)c1CNC(=O)c1cc(-c2ccc(N3CCN(C(=O)O)CC3)nc2)cc2c1CCN2C. The van der Waals surface area contributed by atoms with Crippen molar-refractivity contribution in [3.05, 3.63) is 74.8 Å². The summed E-state index contributed by atoms with van der Waals surface area (Å²) in [6, 6.07) is 9.95. The summed E-state index contributed by atoms with van der Waals surface area (Å²) in [4.78, 5) is 50.6. The van der Waals surface area contributed by atoms with E-state index in [0.717, 1.165) is 65.3 Å². The van der Waals surface area contributed by atoms with Crippen LogP contribution in [0.4, 0.5) is 16.3 Å². The summed E-state index contributed by atoms with van der Waals surface area (Å²) in [7, 11) is 2.03. The second-order valence-electron chi connectivity index (χ2n) is 10.6. The summed E-state index contributed by atoms with van der Waals surface area (Å²) in [6.07, 6.45) is 3.39. The fraction of sp³-hybridized carbons (Fsp3) is 0.400. The number of aromatic amines is 1. The zero-order valence-electron chi connectivity index (χ0n) is 23.3. The number of carbonyl (C=O) groups is 2. The van der Waals surface area contributed by atoms with E-state index in [1.165, 1.54) is 4.90 Å². The van der Waals surface area contributed by atoms with Gasteiger partial charge in [0.05, 0.1) is 0 Å². The number of benzene rings is 1. The predicted molar refractivity (Wildman–Crippen MR) is 155 cm³/mol. The summed E-state index contributed by atoms with van der Waals surface area (Å²) < 4.78 is 0. The van der Waals surface area contributed by atoms with Crippen molar-refractivity contribution in [1.82, 2.24) is 20.2 Å². The summed E-state index contributed by atoms with van der Waals surface area (Å²) in [5.74, 6) is 0.605. The van der Waals surface area contributed by atoms with Crippen LogP contribution in [0.25, 0.3) is 11.1 Å². The zero-order valence-corrected chi connectivity index (χ0v) is 23.3. The number of likely N-dealkylation sites (N-methyl/N-ethyl adjacent to an activating group) is 1. The van der Waals surface area contributed by atoms with E-state index < -0.39 is 6.09 Å². The Labute approximate surface area is 233 Å². The molecule has 1 fully saturated rings. The molecule has 2 aliphatic heterocycles. The number of aromatic nitrogens is 2. The van der Waals surface area contributed by atoms with Crippen LogP contribution in [0, 0.1) is 6.92 Å². The van der Waals surface area contributed by atoms with Gasteiger partial charge in [-0.2, -0.15) is 0 Å². The number of amides is 2. The minimum Gasteiger partial charge on any atom is -0.465 e. The van der Waals surface area contributed by atoms with Gasteiger partial charge < -0.3 is 30.1 Å². The van der Waals surface area contributed by atoms with Crippen LogP contribution in [0.3, 0.4) is 0 Å². The maximum atomic E-state index is 13.5. The van der Waals surface area contributed by atoms with E-state index >= 15 is 0 Å². The Morgan fingerprint density at radius 2 is 1.85 bits per heavy atom. The third-order valence-electron chi connectivity index (χ3n) is 7.84. The molecule has 1 aromatic carbocycles. The van der Waals surface area contributed by atoms with Gasteiger partial charge in [-0.25, -0.2) is 9.78 Å². The van der Waals surface area contributed by atoms with E-state index in [9.17, 15) is 19.5 Å². The van der Waals surface area contributed by atoms with Gasteiger partial charge in [-0.3, -0.25) is 9.59 Å². The van der Waals surface area contributed by atoms with Crippen LogP contribution in [0.15, 0.2) is 41.3 Å². The highest BCUT2D eigenvalue weighted by Gasteiger charge is 2.25. The van der Waals surface area contributed by atoms with Gasteiger partial charge in [-0.05, 0) is 66.8 Å². The lowest BCUT2D eigenvalue weighted by Crippen LogP contribution is -2.48. The molecule has 0 spiro atoms. The Balaban J connectivity index is 1.38. The van der Waals surface area contributed by atoms with Gasteiger partial charge in [0.2, 0.25) is 0 Å². The number of carbonyl (C=O) groups excluding carboxylic acids is 1. The number of pyridine rings is 2. The van der Waals surface area contributed by atoms with Gasteiger partial charge in [0.1, 0.15) is 5.82 Å². The molecule has 0 atom stereocenters. The first-order valence-electron chi connectivity index (χ1n) is 13.8. The minimum absolute atomic E-state index is 0.155. The molecule has 2 aromatic heterocycles. The van der Waals surface area contributed by atoms with Gasteiger partial charge in [-0.15, -0.1) is 0 Å². The first-order valence-corrected chi connectivity index (χ1v) is 13.8. The highest BCUT2D eigenvalue weighted by molar-refractivity contribution is 5.99. The third-order valence-corrected chi connectivity index (χ3v) is 7.84. The average molecular weight is 545 g/mol. The van der Waals surface area contributed by atoms with Crippen LogP contribution in [0.2, 0.25) is 0 Å². The molecule has 0 bridgehead atoms. The van der Waals surface area contributed by atoms with Crippen molar-refractivity contribution in [1.29, 1.82) is 0 Å². The Morgan fingerprint density at radius 1 is 1.07 bits per heavy atom. The highest BCUT2D eigenvalue weighted by atomic mass is 16.4. The van der Waals surface area contributed by atoms with Crippen molar-refractivity contribution in [3.63, 3.8) is 0 Å². The lowest BCUT2D eigenvalue weighted by Gasteiger charge is -2.33. The highest BCUT2D eigenvalue weighted by Crippen LogP contribution is 2.35. The topological polar surface area (TPSA) is 122 Å². The van der Waals surface area contributed by atoms with Crippen LogP contribution in [-0.2, 0) is 19.4 Å². The number of hydrogen-bond donors (Lipinski definition) is 3. The standard InChI is InChI=1S/C30H36N6O4/c1-4-5-20-14-19(2)33-29(38)25(20)18-32-28(37)24-15-22(16-26-23(24)8-9-34(26)3)21-6-7-27(31-17-21)35-10-12-36(13-11-35)30(39)40/h6-7,14-17H,4-5,8-13,18H2,1-3H3,(H,32,37)(H,33,38)(H,39,40). The minimum atomic E-state index is -0.892. The molecule has 0 radical (unpaired) electrons. The molecule has 3 aromatic rings. The van der Waals surface area contributed by atoms with Crippen LogP contribution in [0.1, 0.15) is 46.1 Å². The second-order valence-corrected chi connectivity index (χ2v) is 10.6. The summed E-state index contributed by atoms with van der Waals surface area (Å²) in [6.45, 7) is 7.03. The first kappa shape index (κ1) is 27.2. The van der Waals surface area contributed by atoms with Crippen molar-refractivity contribution in [2.24, 2.45) is 0 Å². The maximum absolute atomic E-state index is 13.5. The van der Waals surface area contributed by atoms with E-state index in [1.807, 2.05) is 38.2 Å². The Bertz CT molecular complexity index is 1470. The van der Waals surface area contributed by atoms with Crippen molar-refractivity contribution in [2.45, 2.75) is 39.7 Å². The van der Waals surface area contributed by atoms with Crippen LogP contribution in [-0.4, -0.2) is 71.7 Å². The average Bonchev–Trinajstić information content (AvgIpc) is 3.32. The molecule has 5 rings (SSSR count). The molecule has 40 heavy (non-hydrogen) atoms. The molecule has 4 heterocycles. The number of H-pyrrole nitrogens is 1. The van der Waals surface area contributed by atoms with Gasteiger partial charge in [0.15, 0.2) is 0 Å². The molecule has 0 unspecified atom stereocenters. The number of fused-ring (bicyclic) bond motifs is 1. The van der Waals surface area contributed by atoms with Gasteiger partial charge in [0, 0.05) is 80.6 Å². The molecule has 10 heteroatoms. The quantitative estimate of drug-likeness (QED) is 0.417. The Morgan fingerprint density at radius 3 is 2.52 bits per heavy atom. The molecule has 0 aliphatic carbocycles. The lowest BCUT2D eigenvalue weighted by atomic mass is 9.97. The number of hydrogen-bond acceptors (Lipinski definition) is 6. The molecular formula is C30H36N6O4. The predicted octanol–water partition coefficient (Wildman–Crippen LogP) is 3.42. The monoisotopic (exact) mass is 544 g/mol. The Hall–Kier alpha value is -4.34. The van der Waals surface area contributed by atoms with Gasteiger partial charge in [-0.1, -0.05) is 13.3 Å². The normalized spacial score (nSPS) is 14.8. The summed E-state index contributed by atoms with van der Waals surface area (Å²) >= 11 is 0. The Kier molecular flexibility index (Phi) is 7.77. The number of nitrogens with one attached hydrogen (secondary N) is 2. The number of nitrogens with zero attached hydrogens (tertiary/aromatic N) is 4. The molecule has 210 valence electrons. The molecule has 3 N–H and O–H groups in total. The van der Waals surface area contributed by atoms with Gasteiger partial charge >= 0.3 is 6.09 Å². The van der Waals surface area contributed by atoms with E-state index in [2.05, 4.69) is 38.1 Å². The smallest absolute Gasteiger partial charge is 0.407 e. The van der Waals surface area contributed by atoms with E-state index in [-0.39, 0.29) is 18.0 Å². The number of anilines is 2. The fourth-order valence-corrected chi connectivity index (χ4v) is 5.63. The maximum Gasteiger partial charge on any atom is 0.407 e. The molecular weight excluding hydrogens is 508 g/mol. The molecule has 10 nitrogen and oxygen atoms in total. The molecule has 1 saturated heterocycles. The van der Waals surface area contributed by atoms with E-state index in [1.54, 1.807) is 6.20 Å². The number of piperazine rings is 1. The third kappa shape index (κ3) is 5.52. The van der Waals surface area contributed by atoms with Crippen LogP contribution < -0.4 is 20.7 Å². The number of rotatable bonds is 7. The van der Waals surface area contributed by atoms with Gasteiger partial charge in [0.25, 0.3) is 11.5 Å². The second kappa shape index (κ2) is 11.4. The number of aryl methyl sites for hydroxylation is 2. The number of carboxylic acid groups (broad SMARTS) is 1. The van der Waals surface area contributed by atoms with Crippen molar-refractivity contribution >= 4 is 23.5 Å². The first-order chi connectivity index (χ1) is 19.2. The van der Waals surface area contributed by atoms with E-state index in [0.29, 0.717) is 37.3 Å². The summed E-state index contributed by atoms with van der Waals surface area (Å²) in [5.41, 5.74) is 6.68. The molecule has 0 saturated carbocycles. The fourth-order valence-electron chi connectivity index (χ4n) is 5.63. The van der Waals surface area contributed by atoms with Crippen molar-refractivity contribution < 1.29 is 14.7 Å². The lowest BCUT2D eigenvalue weighted by molar-refractivity contribution is 0.0950. The van der Waals surface area contributed by atoms with Crippen molar-refractivity contribution in [2.75, 3.05) is 49.6 Å². The summed E-state index contributed by atoms with van der Waals surface area (Å²) in [5, 5.41) is 12.2. The molecule has 2 amide bonds.